The minimum absolute atomic E-state index is 0.380. The molecule has 2 aromatic rings. The molecule has 0 radical (unpaired) electrons. The van der Waals surface area contributed by atoms with Crippen molar-refractivity contribution in [3.63, 3.8) is 0 Å². The van der Waals surface area contributed by atoms with Gasteiger partial charge in [0.1, 0.15) is 6.54 Å². The Bertz CT molecular complexity index is 841. The molecule has 1 amide bonds. The molecule has 2 rings (SSSR count). The number of hydrogen-bond donors (Lipinski definition) is 1. The molecule has 0 spiro atoms. The maximum absolute atomic E-state index is 12.0. The van der Waals surface area contributed by atoms with Crippen molar-refractivity contribution in [3.8, 4) is 0 Å². The van der Waals surface area contributed by atoms with Crippen LogP contribution in [0.1, 0.15) is 5.69 Å². The highest BCUT2D eigenvalue weighted by molar-refractivity contribution is 9.10. The van der Waals surface area contributed by atoms with Crippen molar-refractivity contribution in [2.75, 3.05) is 17.1 Å². The van der Waals surface area contributed by atoms with Crippen LogP contribution >= 0.6 is 15.9 Å². The molecule has 7 nitrogen and oxygen atoms in total. The van der Waals surface area contributed by atoms with Gasteiger partial charge in [0.2, 0.25) is 10.0 Å². The van der Waals surface area contributed by atoms with Crippen molar-refractivity contribution in [2.45, 2.75) is 0 Å². The number of nitrogens with zero attached hydrogens (tertiary/aromatic N) is 3. The van der Waals surface area contributed by atoms with E-state index in [-0.39, 0.29) is 6.54 Å². The lowest BCUT2D eigenvalue weighted by Crippen LogP contribution is -2.39. The number of hydrogen-bond acceptors (Lipinski definition) is 5. The number of carbonyl (C=O) groups is 1. The van der Waals surface area contributed by atoms with Gasteiger partial charge in [-0.15, -0.1) is 0 Å². The summed E-state index contributed by atoms with van der Waals surface area (Å²) in [6.07, 6.45) is 4.02. The largest absolute Gasteiger partial charge is 0.271 e. The molecule has 1 N–H and O–H groups in total. The third kappa shape index (κ3) is 5.43. The standard InChI is InChI=1S/C15H15BrN4O3S/c1-24(22,23)20(14-7-4-5-12(16)9-14)11-15(21)19-18-10-13-6-2-3-8-17-13/h2-10H,11H2,1H3,(H,19,21)/b18-10-. The van der Waals surface area contributed by atoms with E-state index in [1.54, 1.807) is 48.7 Å². The maximum atomic E-state index is 12.0. The van der Waals surface area contributed by atoms with Gasteiger partial charge in [-0.05, 0) is 30.3 Å². The van der Waals surface area contributed by atoms with Gasteiger partial charge in [0, 0.05) is 10.7 Å². The van der Waals surface area contributed by atoms with Crippen molar-refractivity contribution < 1.29 is 13.2 Å². The number of pyridine rings is 1. The van der Waals surface area contributed by atoms with Gasteiger partial charge in [0.15, 0.2) is 0 Å². The molecule has 1 aromatic heterocycles. The Kier molecular flexibility index (Phi) is 6.04. The highest BCUT2D eigenvalue weighted by Crippen LogP contribution is 2.21. The van der Waals surface area contributed by atoms with Gasteiger partial charge in [-0.1, -0.05) is 28.1 Å². The van der Waals surface area contributed by atoms with Crippen molar-refractivity contribution in [1.29, 1.82) is 0 Å². The Labute approximate surface area is 148 Å². The molecule has 0 fully saturated rings. The molecule has 0 unspecified atom stereocenters. The number of hydrazone groups is 1. The molecule has 0 atom stereocenters. The van der Waals surface area contributed by atoms with E-state index in [9.17, 15) is 13.2 Å². The summed E-state index contributed by atoms with van der Waals surface area (Å²) in [5.74, 6) is -0.562. The normalized spacial score (nSPS) is 11.4. The molecular formula is C15H15BrN4O3S. The third-order valence-electron chi connectivity index (χ3n) is 2.86. The molecule has 0 aliphatic carbocycles. The van der Waals surface area contributed by atoms with Crippen LogP contribution in [0.3, 0.4) is 0 Å². The Morgan fingerprint density at radius 3 is 2.75 bits per heavy atom. The van der Waals surface area contributed by atoms with Gasteiger partial charge in [0.05, 0.1) is 23.9 Å². The fourth-order valence-corrected chi connectivity index (χ4v) is 3.06. The summed E-state index contributed by atoms with van der Waals surface area (Å²) in [6, 6.07) is 11.9. The van der Waals surface area contributed by atoms with Crippen LogP contribution in [-0.4, -0.2) is 38.3 Å². The van der Waals surface area contributed by atoms with Crippen molar-refractivity contribution in [3.05, 3.63) is 58.8 Å². The lowest BCUT2D eigenvalue weighted by Gasteiger charge is -2.21. The van der Waals surface area contributed by atoms with Crippen LogP contribution in [0.2, 0.25) is 0 Å². The molecule has 1 aromatic carbocycles. The fraction of sp³-hybridized carbons (Fsp3) is 0.133. The Balaban J connectivity index is 2.07. The van der Waals surface area contributed by atoms with E-state index in [1.165, 1.54) is 6.21 Å². The number of benzene rings is 1. The number of aromatic nitrogens is 1. The molecule has 0 aliphatic heterocycles. The summed E-state index contributed by atoms with van der Waals surface area (Å²) >= 11 is 3.28. The average Bonchev–Trinajstić information content (AvgIpc) is 2.52. The fourth-order valence-electron chi connectivity index (χ4n) is 1.82. The van der Waals surface area contributed by atoms with Gasteiger partial charge < -0.3 is 0 Å². The summed E-state index contributed by atoms with van der Waals surface area (Å²) in [5.41, 5.74) is 3.25. The molecule has 0 bridgehead atoms. The van der Waals surface area contributed by atoms with Gasteiger partial charge >= 0.3 is 0 Å². The Hall–Kier alpha value is -2.26. The number of amides is 1. The SMILES string of the molecule is CS(=O)(=O)N(CC(=O)N/N=C\c1ccccn1)c1cccc(Br)c1. The van der Waals surface area contributed by atoms with Crippen LogP contribution in [0.5, 0.6) is 0 Å². The second kappa shape index (κ2) is 8.02. The van der Waals surface area contributed by atoms with Crippen molar-refractivity contribution in [2.24, 2.45) is 5.10 Å². The highest BCUT2D eigenvalue weighted by atomic mass is 79.9. The van der Waals surface area contributed by atoms with E-state index in [4.69, 9.17) is 0 Å². The van der Waals surface area contributed by atoms with Crippen LogP contribution in [0.4, 0.5) is 5.69 Å². The van der Waals surface area contributed by atoms with Gasteiger partial charge in [0.25, 0.3) is 5.91 Å². The van der Waals surface area contributed by atoms with Crippen LogP contribution in [-0.2, 0) is 14.8 Å². The molecule has 126 valence electrons. The number of sulfonamides is 1. The quantitative estimate of drug-likeness (QED) is 0.579. The predicted octanol–water partition coefficient (Wildman–Crippen LogP) is 1.76. The van der Waals surface area contributed by atoms with E-state index in [0.717, 1.165) is 10.6 Å². The van der Waals surface area contributed by atoms with Crippen LogP contribution in [0.15, 0.2) is 58.2 Å². The number of carbonyl (C=O) groups excluding carboxylic acids is 1. The first-order chi connectivity index (χ1) is 11.4. The summed E-state index contributed by atoms with van der Waals surface area (Å²) in [5, 5.41) is 3.77. The van der Waals surface area contributed by atoms with E-state index >= 15 is 0 Å². The highest BCUT2D eigenvalue weighted by Gasteiger charge is 2.20. The second-order valence-electron chi connectivity index (χ2n) is 4.80. The summed E-state index contributed by atoms with van der Waals surface area (Å²) < 4.78 is 25.6. The summed E-state index contributed by atoms with van der Waals surface area (Å²) in [4.78, 5) is 16.0. The van der Waals surface area contributed by atoms with Gasteiger partial charge in [-0.2, -0.15) is 5.10 Å². The van der Waals surface area contributed by atoms with E-state index in [0.29, 0.717) is 15.9 Å². The zero-order valence-electron chi connectivity index (χ0n) is 12.8. The van der Waals surface area contributed by atoms with E-state index in [1.807, 2.05) is 0 Å². The number of anilines is 1. The monoisotopic (exact) mass is 410 g/mol. The Morgan fingerprint density at radius 2 is 2.12 bits per heavy atom. The molecule has 1 heterocycles. The maximum Gasteiger partial charge on any atom is 0.260 e. The van der Waals surface area contributed by atoms with Gasteiger partial charge in [-0.25, -0.2) is 13.8 Å². The first kappa shape index (κ1) is 18.1. The topological polar surface area (TPSA) is 91.7 Å². The molecule has 0 saturated heterocycles. The van der Waals surface area contributed by atoms with E-state index < -0.39 is 15.9 Å². The lowest BCUT2D eigenvalue weighted by atomic mass is 10.3. The van der Waals surface area contributed by atoms with Crippen LogP contribution in [0.25, 0.3) is 0 Å². The zero-order chi connectivity index (χ0) is 17.6. The van der Waals surface area contributed by atoms with E-state index in [2.05, 4.69) is 31.4 Å². The zero-order valence-corrected chi connectivity index (χ0v) is 15.2. The van der Waals surface area contributed by atoms with Crippen LogP contribution in [0, 0.1) is 0 Å². The summed E-state index contributed by atoms with van der Waals surface area (Å²) in [7, 11) is -3.62. The first-order valence-electron chi connectivity index (χ1n) is 6.82. The first-order valence-corrected chi connectivity index (χ1v) is 9.46. The number of rotatable bonds is 6. The third-order valence-corrected chi connectivity index (χ3v) is 4.49. The lowest BCUT2D eigenvalue weighted by molar-refractivity contribution is -0.119. The average molecular weight is 411 g/mol. The molecular weight excluding hydrogens is 396 g/mol. The summed E-state index contributed by atoms with van der Waals surface area (Å²) in [6.45, 7) is -0.380. The number of nitrogens with one attached hydrogen (secondary N) is 1. The molecule has 0 saturated carbocycles. The Morgan fingerprint density at radius 1 is 1.33 bits per heavy atom. The number of halogens is 1. The molecule has 0 aliphatic rings. The van der Waals surface area contributed by atoms with Gasteiger partial charge in [-0.3, -0.25) is 14.1 Å². The molecule has 24 heavy (non-hydrogen) atoms. The minimum atomic E-state index is -3.62. The van der Waals surface area contributed by atoms with Crippen molar-refractivity contribution >= 4 is 43.8 Å². The smallest absolute Gasteiger partial charge is 0.260 e. The second-order valence-corrected chi connectivity index (χ2v) is 7.62. The van der Waals surface area contributed by atoms with Crippen molar-refractivity contribution in [1.82, 2.24) is 10.4 Å². The van der Waals surface area contributed by atoms with Crippen LogP contribution < -0.4 is 9.73 Å². The molecule has 9 heteroatoms. The predicted molar refractivity (Wildman–Crippen MR) is 96.3 cm³/mol. The minimum Gasteiger partial charge on any atom is -0.271 e.